The van der Waals surface area contributed by atoms with E-state index in [1.165, 1.54) is 45.6 Å². The van der Waals surface area contributed by atoms with Gasteiger partial charge in [-0.3, -0.25) is 15.1 Å². The summed E-state index contributed by atoms with van der Waals surface area (Å²) in [4.78, 5) is 16.2. The largest absolute Gasteiger partial charge is 0.342 e. The van der Waals surface area contributed by atoms with Crippen LogP contribution in [0.25, 0.3) is 5.00 Å². The number of hydrogen-bond donors (Lipinski definition) is 2. The third kappa shape index (κ3) is 2.83. The molecule has 1 amide bonds. The van der Waals surface area contributed by atoms with Crippen molar-refractivity contribution in [2.24, 2.45) is 5.92 Å². The van der Waals surface area contributed by atoms with Crippen molar-refractivity contribution in [3.63, 3.8) is 0 Å². The van der Waals surface area contributed by atoms with Crippen LogP contribution in [0, 0.1) is 5.92 Å². The van der Waals surface area contributed by atoms with E-state index in [2.05, 4.69) is 37.4 Å². The number of anilines is 1. The number of carbonyl (C=O) groups is 1. The van der Waals surface area contributed by atoms with Gasteiger partial charge < -0.3 is 4.90 Å². The van der Waals surface area contributed by atoms with E-state index in [9.17, 15) is 4.79 Å². The van der Waals surface area contributed by atoms with E-state index in [0.29, 0.717) is 5.75 Å². The molecule has 6 rings (SSSR count). The number of nitrogens with zero attached hydrogens (tertiary/aromatic N) is 5. The first-order valence-corrected chi connectivity index (χ1v) is 12.3. The standard InChI is InChI=1S/C19H25N7OS2/c1-11-5-7-24(8-6-11)14(27)9-28-19-23-22-18-25(19)17-15(16-20-10-21-26(16)18)12-3-2-4-13(12)29-17/h11,16,20-21H,2-10H2,1H3. The van der Waals surface area contributed by atoms with Crippen molar-refractivity contribution in [2.45, 2.75) is 50.4 Å². The van der Waals surface area contributed by atoms with Crippen LogP contribution in [0.3, 0.4) is 0 Å². The second kappa shape index (κ2) is 6.97. The second-order valence-electron chi connectivity index (χ2n) is 8.36. The van der Waals surface area contributed by atoms with Crippen molar-refractivity contribution in [2.75, 3.05) is 30.5 Å². The van der Waals surface area contributed by atoms with E-state index in [-0.39, 0.29) is 12.1 Å². The summed E-state index contributed by atoms with van der Waals surface area (Å²) in [6.45, 7) is 4.75. The summed E-state index contributed by atoms with van der Waals surface area (Å²) in [5.74, 6) is 2.17. The molecule has 0 spiro atoms. The van der Waals surface area contributed by atoms with Gasteiger partial charge in [-0.25, -0.2) is 9.99 Å². The Morgan fingerprint density at radius 1 is 1.28 bits per heavy atom. The van der Waals surface area contributed by atoms with Crippen LogP contribution in [-0.2, 0) is 17.6 Å². The lowest BCUT2D eigenvalue weighted by atomic mass is 9.99. The van der Waals surface area contributed by atoms with Crippen LogP contribution in [0.2, 0.25) is 0 Å². The number of aromatic nitrogens is 3. The van der Waals surface area contributed by atoms with Crippen LogP contribution >= 0.6 is 23.1 Å². The van der Waals surface area contributed by atoms with Gasteiger partial charge in [-0.1, -0.05) is 18.7 Å². The van der Waals surface area contributed by atoms with Crippen molar-refractivity contribution < 1.29 is 4.79 Å². The molecule has 0 bridgehead atoms. The normalized spacial score (nSPS) is 23.1. The summed E-state index contributed by atoms with van der Waals surface area (Å²) < 4.78 is 2.16. The van der Waals surface area contributed by atoms with E-state index in [1.54, 1.807) is 0 Å². The first-order valence-electron chi connectivity index (χ1n) is 10.5. The molecule has 2 aromatic rings. The maximum Gasteiger partial charge on any atom is 0.249 e. The zero-order chi connectivity index (χ0) is 19.5. The van der Waals surface area contributed by atoms with Gasteiger partial charge in [0, 0.05) is 23.5 Å². The van der Waals surface area contributed by atoms with Crippen LogP contribution < -0.4 is 15.8 Å². The van der Waals surface area contributed by atoms with Crippen LogP contribution in [0.1, 0.15) is 48.4 Å². The number of hydrazine groups is 1. The number of rotatable bonds is 3. The summed E-state index contributed by atoms with van der Waals surface area (Å²) in [5, 5.41) is 16.6. The van der Waals surface area contributed by atoms with Gasteiger partial charge in [0.25, 0.3) is 0 Å². The predicted octanol–water partition coefficient (Wildman–Crippen LogP) is 2.05. The number of nitrogens with one attached hydrogen (secondary N) is 2. The number of fused-ring (bicyclic) bond motifs is 8. The highest BCUT2D eigenvalue weighted by atomic mass is 32.2. The quantitative estimate of drug-likeness (QED) is 0.720. The van der Waals surface area contributed by atoms with Gasteiger partial charge in [0.1, 0.15) is 11.2 Å². The molecule has 0 aromatic carbocycles. The Hall–Kier alpha value is -1.62. The van der Waals surface area contributed by atoms with Gasteiger partial charge in [0.2, 0.25) is 11.9 Å². The first-order chi connectivity index (χ1) is 14.2. The molecule has 29 heavy (non-hydrogen) atoms. The topological polar surface area (TPSA) is 78.3 Å². The molecular weight excluding hydrogens is 406 g/mol. The van der Waals surface area contributed by atoms with E-state index in [4.69, 9.17) is 0 Å². The number of thiophene rings is 1. The third-order valence-corrected chi connectivity index (χ3v) is 8.72. The molecule has 2 aromatic heterocycles. The zero-order valence-electron chi connectivity index (χ0n) is 16.5. The van der Waals surface area contributed by atoms with Crippen molar-refractivity contribution >= 4 is 35.0 Å². The monoisotopic (exact) mass is 431 g/mol. The van der Waals surface area contributed by atoms with Crippen molar-refractivity contribution in [3.05, 3.63) is 16.0 Å². The lowest BCUT2D eigenvalue weighted by Crippen LogP contribution is -2.39. The van der Waals surface area contributed by atoms with Crippen LogP contribution in [0.4, 0.5) is 5.95 Å². The van der Waals surface area contributed by atoms with E-state index >= 15 is 0 Å². The average molecular weight is 432 g/mol. The summed E-state index contributed by atoms with van der Waals surface area (Å²) in [6.07, 6.45) is 5.90. The number of hydrogen-bond acceptors (Lipinski definition) is 8. The van der Waals surface area contributed by atoms with Gasteiger partial charge in [0.15, 0.2) is 5.16 Å². The maximum atomic E-state index is 12.7. The smallest absolute Gasteiger partial charge is 0.249 e. The van der Waals surface area contributed by atoms with E-state index in [1.807, 2.05) is 16.2 Å². The zero-order valence-corrected chi connectivity index (χ0v) is 18.1. The van der Waals surface area contributed by atoms with Gasteiger partial charge in [0.05, 0.1) is 12.4 Å². The van der Waals surface area contributed by atoms with Crippen molar-refractivity contribution in [1.82, 2.24) is 30.4 Å². The van der Waals surface area contributed by atoms with Crippen molar-refractivity contribution in [1.29, 1.82) is 0 Å². The van der Waals surface area contributed by atoms with Crippen molar-refractivity contribution in [3.8, 4) is 5.00 Å². The fourth-order valence-corrected chi connectivity index (χ4v) is 7.17. The Morgan fingerprint density at radius 3 is 3.00 bits per heavy atom. The second-order valence-corrected chi connectivity index (χ2v) is 10.4. The maximum absolute atomic E-state index is 12.7. The minimum atomic E-state index is 0.120. The molecule has 2 N–H and O–H groups in total. The molecule has 2 saturated heterocycles. The number of carbonyl (C=O) groups excluding carboxylic acids is 1. The Bertz CT molecular complexity index is 962. The third-order valence-electron chi connectivity index (χ3n) is 6.51. The minimum Gasteiger partial charge on any atom is -0.342 e. The number of piperidine rings is 1. The summed E-state index contributed by atoms with van der Waals surface area (Å²) in [6, 6.07) is 0. The van der Waals surface area contributed by atoms with Crippen LogP contribution in [-0.4, -0.2) is 51.1 Å². The molecule has 5 heterocycles. The van der Waals surface area contributed by atoms with Gasteiger partial charge in [-0.05, 0) is 43.6 Å². The lowest BCUT2D eigenvalue weighted by molar-refractivity contribution is -0.129. The van der Waals surface area contributed by atoms with Gasteiger partial charge in [-0.15, -0.1) is 21.5 Å². The minimum absolute atomic E-state index is 0.120. The molecule has 2 fully saturated rings. The highest BCUT2D eigenvalue weighted by Gasteiger charge is 2.42. The van der Waals surface area contributed by atoms with Crippen LogP contribution in [0.5, 0.6) is 0 Å². The first kappa shape index (κ1) is 18.2. The summed E-state index contributed by atoms with van der Waals surface area (Å²) in [7, 11) is 0. The molecule has 154 valence electrons. The number of likely N-dealkylation sites (tertiary alicyclic amines) is 1. The number of aryl methyl sites for hydroxylation is 1. The molecule has 8 nitrogen and oxygen atoms in total. The Labute approximate surface area is 178 Å². The molecule has 10 heteroatoms. The molecule has 0 radical (unpaired) electrons. The molecule has 1 unspecified atom stereocenters. The molecule has 4 aliphatic rings. The highest BCUT2D eigenvalue weighted by Crippen LogP contribution is 2.48. The Balaban J connectivity index is 1.29. The molecule has 3 aliphatic heterocycles. The highest BCUT2D eigenvalue weighted by molar-refractivity contribution is 7.99. The van der Waals surface area contributed by atoms with Gasteiger partial charge >= 0.3 is 0 Å². The Kier molecular flexibility index (Phi) is 4.37. The van der Waals surface area contributed by atoms with E-state index < -0.39 is 0 Å². The number of amides is 1. The molecule has 1 aliphatic carbocycles. The summed E-state index contributed by atoms with van der Waals surface area (Å²) >= 11 is 3.39. The van der Waals surface area contributed by atoms with Crippen LogP contribution in [0.15, 0.2) is 5.16 Å². The molecular formula is C19H25N7OS2. The fraction of sp³-hybridized carbons (Fsp3) is 0.632. The average Bonchev–Trinajstić information content (AvgIpc) is 3.47. The predicted molar refractivity (Wildman–Crippen MR) is 113 cm³/mol. The van der Waals surface area contributed by atoms with E-state index in [0.717, 1.165) is 56.0 Å². The summed E-state index contributed by atoms with van der Waals surface area (Å²) in [5.41, 5.74) is 6.27. The fourth-order valence-electron chi connectivity index (χ4n) is 4.85. The lowest BCUT2D eigenvalue weighted by Gasteiger charge is -2.31. The molecule has 1 atom stereocenters. The number of thioether (sulfide) groups is 1. The molecule has 0 saturated carbocycles. The Morgan fingerprint density at radius 2 is 2.14 bits per heavy atom. The SMILES string of the molecule is CC1CCN(C(=O)CSc2nnc3n2-c2sc4c(c2C2NCNN32)CCC4)CC1. The van der Waals surface area contributed by atoms with Gasteiger partial charge in [-0.2, -0.15) is 0 Å².